The van der Waals surface area contributed by atoms with E-state index in [1.54, 1.807) is 0 Å². The monoisotopic (exact) mass is 291 g/mol. The molecule has 1 aromatic carbocycles. The third-order valence-electron chi connectivity index (χ3n) is 2.41. The van der Waals surface area contributed by atoms with Crippen molar-refractivity contribution in [2.45, 2.75) is 12.5 Å². The first-order chi connectivity index (χ1) is 7.50. The van der Waals surface area contributed by atoms with Crippen LogP contribution in [0.15, 0.2) is 16.6 Å². The van der Waals surface area contributed by atoms with Gasteiger partial charge in [-0.05, 0) is 28.1 Å². The third kappa shape index (κ3) is 1.82. The summed E-state index contributed by atoms with van der Waals surface area (Å²) in [6, 6.07) is 2.26. The van der Waals surface area contributed by atoms with Gasteiger partial charge in [-0.1, -0.05) is 0 Å². The first kappa shape index (κ1) is 11.5. The Morgan fingerprint density at radius 2 is 2.12 bits per heavy atom. The van der Waals surface area contributed by atoms with Crippen LogP contribution < -0.4 is 4.90 Å². The zero-order valence-corrected chi connectivity index (χ0v) is 9.67. The average Bonchev–Trinajstić information content (AvgIpc) is 2.55. The van der Waals surface area contributed by atoms with Crippen molar-refractivity contribution in [2.75, 3.05) is 11.4 Å². The van der Waals surface area contributed by atoms with Crippen molar-refractivity contribution >= 4 is 27.5 Å². The number of halogens is 3. The Hall–Kier alpha value is -1.01. The molecule has 1 fully saturated rings. The van der Waals surface area contributed by atoms with E-state index in [9.17, 15) is 18.7 Å². The molecule has 0 saturated carbocycles. The van der Waals surface area contributed by atoms with Crippen LogP contribution >= 0.6 is 15.9 Å². The minimum atomic E-state index is -0.831. The van der Waals surface area contributed by atoms with E-state index in [1.165, 1.54) is 6.07 Å². The number of anilines is 1. The molecule has 2 rings (SSSR count). The van der Waals surface area contributed by atoms with Crippen molar-refractivity contribution in [1.82, 2.24) is 0 Å². The SMILES string of the molecule is O=C1CC(O)CN1c1ccc(F)c(Br)c1F. The molecule has 1 aromatic rings. The number of benzene rings is 1. The van der Waals surface area contributed by atoms with Crippen LogP contribution in [0.3, 0.4) is 0 Å². The van der Waals surface area contributed by atoms with Gasteiger partial charge in [0.1, 0.15) is 5.82 Å². The van der Waals surface area contributed by atoms with E-state index in [0.717, 1.165) is 11.0 Å². The lowest BCUT2D eigenvalue weighted by Crippen LogP contribution is -2.26. The van der Waals surface area contributed by atoms with Gasteiger partial charge in [-0.2, -0.15) is 0 Å². The van der Waals surface area contributed by atoms with Crippen LogP contribution in [0.1, 0.15) is 6.42 Å². The van der Waals surface area contributed by atoms with Crippen molar-refractivity contribution in [1.29, 1.82) is 0 Å². The topological polar surface area (TPSA) is 40.5 Å². The van der Waals surface area contributed by atoms with Gasteiger partial charge < -0.3 is 10.0 Å². The summed E-state index contributed by atoms with van der Waals surface area (Å²) in [6.07, 6.45) is -0.829. The molecule has 6 heteroatoms. The Balaban J connectivity index is 2.42. The highest BCUT2D eigenvalue weighted by Crippen LogP contribution is 2.30. The minimum Gasteiger partial charge on any atom is -0.391 e. The Kier molecular flexibility index (Phi) is 2.94. The highest BCUT2D eigenvalue weighted by atomic mass is 79.9. The van der Waals surface area contributed by atoms with Gasteiger partial charge in [0.25, 0.3) is 0 Å². The Labute approximate surface area is 98.8 Å². The smallest absolute Gasteiger partial charge is 0.229 e. The Bertz CT molecular complexity index is 453. The number of β-amino-alcohol motifs (C(OH)–C–C–N with tert-alkyl or cyclic N) is 1. The summed E-state index contributed by atoms with van der Waals surface area (Å²) < 4.78 is 26.3. The number of rotatable bonds is 1. The van der Waals surface area contributed by atoms with Gasteiger partial charge in [0.2, 0.25) is 5.91 Å². The summed E-state index contributed by atoms with van der Waals surface area (Å²) in [6.45, 7) is 0.0355. The van der Waals surface area contributed by atoms with Crippen LogP contribution in [-0.4, -0.2) is 23.7 Å². The van der Waals surface area contributed by atoms with Crippen LogP contribution in [0, 0.1) is 11.6 Å². The predicted octanol–water partition coefficient (Wildman–Crippen LogP) is 1.82. The van der Waals surface area contributed by atoms with Crippen molar-refractivity contribution in [3.8, 4) is 0 Å². The van der Waals surface area contributed by atoms with Gasteiger partial charge in [0.05, 0.1) is 29.2 Å². The number of nitrogens with zero attached hydrogens (tertiary/aromatic N) is 1. The molecule has 1 N–H and O–H groups in total. The summed E-state index contributed by atoms with van der Waals surface area (Å²) in [7, 11) is 0. The average molecular weight is 292 g/mol. The number of hydrogen-bond acceptors (Lipinski definition) is 2. The lowest BCUT2D eigenvalue weighted by Gasteiger charge is -2.17. The Morgan fingerprint density at radius 1 is 1.44 bits per heavy atom. The molecule has 0 radical (unpaired) electrons. The number of aliphatic hydroxyl groups is 1. The summed E-state index contributed by atoms with van der Waals surface area (Å²) in [5, 5.41) is 9.28. The third-order valence-corrected chi connectivity index (χ3v) is 3.14. The number of carbonyl (C=O) groups excluding carboxylic acids is 1. The molecule has 86 valence electrons. The summed E-state index contributed by atoms with van der Waals surface area (Å²) in [5.74, 6) is -1.93. The van der Waals surface area contributed by atoms with Crippen molar-refractivity contribution in [3.63, 3.8) is 0 Å². The number of carbonyl (C=O) groups is 1. The van der Waals surface area contributed by atoms with E-state index < -0.39 is 17.7 Å². The Morgan fingerprint density at radius 3 is 2.69 bits per heavy atom. The zero-order chi connectivity index (χ0) is 11.9. The molecule has 1 saturated heterocycles. The highest BCUT2D eigenvalue weighted by molar-refractivity contribution is 9.10. The van der Waals surface area contributed by atoms with Crippen LogP contribution in [-0.2, 0) is 4.79 Å². The molecule has 1 atom stereocenters. The molecule has 1 unspecified atom stereocenters. The molecule has 16 heavy (non-hydrogen) atoms. The summed E-state index contributed by atoms with van der Waals surface area (Å²) >= 11 is 2.76. The van der Waals surface area contributed by atoms with Gasteiger partial charge >= 0.3 is 0 Å². The quantitative estimate of drug-likeness (QED) is 0.802. The lowest BCUT2D eigenvalue weighted by atomic mass is 10.2. The van der Waals surface area contributed by atoms with Gasteiger partial charge in [-0.15, -0.1) is 0 Å². The van der Waals surface area contributed by atoms with E-state index in [-0.39, 0.29) is 29.0 Å². The summed E-state index contributed by atoms with van der Waals surface area (Å²) in [4.78, 5) is 12.5. The van der Waals surface area contributed by atoms with Crippen LogP contribution in [0.5, 0.6) is 0 Å². The molecule has 3 nitrogen and oxygen atoms in total. The molecule has 1 aliphatic heterocycles. The summed E-state index contributed by atoms with van der Waals surface area (Å²) in [5.41, 5.74) is -0.0187. The molecule has 1 heterocycles. The minimum absolute atomic E-state index is 0.0187. The molecule has 1 amide bonds. The van der Waals surface area contributed by atoms with Crippen LogP contribution in [0.4, 0.5) is 14.5 Å². The molecule has 0 aliphatic carbocycles. The van der Waals surface area contributed by atoms with Crippen molar-refractivity contribution in [2.24, 2.45) is 0 Å². The van der Waals surface area contributed by atoms with Gasteiger partial charge in [0.15, 0.2) is 5.82 Å². The second kappa shape index (κ2) is 4.10. The number of hydrogen-bond donors (Lipinski definition) is 1. The first-order valence-corrected chi connectivity index (χ1v) is 5.42. The molecule has 0 aromatic heterocycles. The maximum absolute atomic E-state index is 13.7. The molecule has 1 aliphatic rings. The fourth-order valence-electron chi connectivity index (χ4n) is 1.65. The molecular weight excluding hydrogens is 284 g/mol. The maximum atomic E-state index is 13.7. The van der Waals surface area contributed by atoms with E-state index in [4.69, 9.17) is 0 Å². The molecular formula is C10H8BrF2NO2. The fraction of sp³-hybridized carbons (Fsp3) is 0.300. The van der Waals surface area contributed by atoms with Crippen LogP contribution in [0.25, 0.3) is 0 Å². The second-order valence-corrected chi connectivity index (χ2v) is 4.35. The van der Waals surface area contributed by atoms with Crippen LogP contribution in [0.2, 0.25) is 0 Å². The van der Waals surface area contributed by atoms with Gasteiger partial charge in [0, 0.05) is 0 Å². The van der Waals surface area contributed by atoms with E-state index in [0.29, 0.717) is 0 Å². The highest BCUT2D eigenvalue weighted by Gasteiger charge is 2.31. The van der Waals surface area contributed by atoms with E-state index in [2.05, 4.69) is 15.9 Å². The fourth-order valence-corrected chi connectivity index (χ4v) is 1.98. The lowest BCUT2D eigenvalue weighted by molar-refractivity contribution is -0.117. The number of amides is 1. The largest absolute Gasteiger partial charge is 0.391 e. The second-order valence-electron chi connectivity index (χ2n) is 3.56. The van der Waals surface area contributed by atoms with Gasteiger partial charge in [-0.25, -0.2) is 8.78 Å². The molecule has 0 bridgehead atoms. The maximum Gasteiger partial charge on any atom is 0.229 e. The van der Waals surface area contributed by atoms with E-state index >= 15 is 0 Å². The standard InChI is InChI=1S/C10H8BrF2NO2/c11-9-6(12)1-2-7(10(9)13)14-4-5(15)3-8(14)16/h1-2,5,15H,3-4H2. The predicted molar refractivity (Wildman–Crippen MR) is 57.0 cm³/mol. The van der Waals surface area contributed by atoms with Gasteiger partial charge in [-0.3, -0.25) is 4.79 Å². The molecule has 0 spiro atoms. The van der Waals surface area contributed by atoms with Crippen molar-refractivity contribution < 1.29 is 18.7 Å². The number of aliphatic hydroxyl groups excluding tert-OH is 1. The first-order valence-electron chi connectivity index (χ1n) is 4.62. The van der Waals surface area contributed by atoms with E-state index in [1.807, 2.05) is 0 Å². The normalized spacial score (nSPS) is 20.6. The zero-order valence-electron chi connectivity index (χ0n) is 8.08. The van der Waals surface area contributed by atoms with Crippen molar-refractivity contribution in [3.05, 3.63) is 28.2 Å².